The molecule has 0 bridgehead atoms. The average Bonchev–Trinajstić information content (AvgIpc) is 2.60. The van der Waals surface area contributed by atoms with Crippen molar-refractivity contribution in [3.05, 3.63) is 71.3 Å². The van der Waals surface area contributed by atoms with Crippen LogP contribution in [-0.4, -0.2) is 17.5 Å². The van der Waals surface area contributed by atoms with Gasteiger partial charge < -0.3 is 5.32 Å². The van der Waals surface area contributed by atoms with Gasteiger partial charge in [0.2, 0.25) is 0 Å². The lowest BCUT2D eigenvalue weighted by molar-refractivity contribution is -0.136. The maximum atomic E-state index is 11.8. The number of hydrogen-bond acceptors (Lipinski definition) is 3. The Kier molecular flexibility index (Phi) is 6.28. The van der Waals surface area contributed by atoms with Gasteiger partial charge in [0.25, 0.3) is 0 Å². The molecule has 0 radical (unpaired) electrons. The van der Waals surface area contributed by atoms with E-state index in [1.807, 2.05) is 36.4 Å². The second-order valence-corrected chi connectivity index (χ2v) is 5.28. The fourth-order valence-corrected chi connectivity index (χ4v) is 1.93. The molecule has 0 aliphatic heterocycles. The number of nitrogens with zero attached hydrogens (tertiary/aromatic N) is 1. The maximum Gasteiger partial charge on any atom is 0.329 e. The standard InChI is InChI=1S/C18H16ClN3O2/c1-13(11-12-14-7-3-2-4-8-14)21-22-18(24)17(23)20-16-10-6-5-9-15(16)19/h2-12H,1H3,(H,20,23)(H,22,24)/b12-11+,21-13-. The fourth-order valence-electron chi connectivity index (χ4n) is 1.75. The second kappa shape index (κ2) is 8.64. The molecule has 5 nitrogen and oxygen atoms in total. The van der Waals surface area contributed by atoms with Crippen LogP contribution >= 0.6 is 11.6 Å². The van der Waals surface area contributed by atoms with Crippen LogP contribution in [0, 0.1) is 0 Å². The summed E-state index contributed by atoms with van der Waals surface area (Å²) in [5.74, 6) is -1.71. The van der Waals surface area contributed by atoms with Gasteiger partial charge in [-0.2, -0.15) is 5.10 Å². The van der Waals surface area contributed by atoms with Crippen molar-refractivity contribution < 1.29 is 9.59 Å². The Bertz CT molecular complexity index is 786. The van der Waals surface area contributed by atoms with Crippen LogP contribution < -0.4 is 10.7 Å². The normalized spacial score (nSPS) is 11.3. The molecule has 0 fully saturated rings. The molecule has 2 amide bonds. The molecule has 24 heavy (non-hydrogen) atoms. The highest BCUT2D eigenvalue weighted by atomic mass is 35.5. The smallest absolute Gasteiger partial charge is 0.316 e. The van der Waals surface area contributed by atoms with Gasteiger partial charge in [0.15, 0.2) is 0 Å². The highest BCUT2D eigenvalue weighted by Gasteiger charge is 2.14. The minimum atomic E-state index is -0.873. The number of hydrazone groups is 1. The summed E-state index contributed by atoms with van der Waals surface area (Å²) in [6, 6.07) is 16.3. The highest BCUT2D eigenvalue weighted by Crippen LogP contribution is 2.20. The van der Waals surface area contributed by atoms with Gasteiger partial charge in [0.1, 0.15) is 0 Å². The lowest BCUT2D eigenvalue weighted by Crippen LogP contribution is -2.32. The summed E-state index contributed by atoms with van der Waals surface area (Å²) in [6.45, 7) is 1.71. The van der Waals surface area contributed by atoms with Crippen molar-refractivity contribution in [1.29, 1.82) is 0 Å². The van der Waals surface area contributed by atoms with Gasteiger partial charge >= 0.3 is 11.8 Å². The number of benzene rings is 2. The number of allylic oxidation sites excluding steroid dienone is 1. The zero-order valence-corrected chi connectivity index (χ0v) is 13.7. The van der Waals surface area contributed by atoms with Crippen molar-refractivity contribution >= 4 is 40.9 Å². The third-order valence-corrected chi connectivity index (χ3v) is 3.31. The summed E-state index contributed by atoms with van der Waals surface area (Å²) in [7, 11) is 0. The molecular weight excluding hydrogens is 326 g/mol. The summed E-state index contributed by atoms with van der Waals surface area (Å²) in [5.41, 5.74) is 4.13. The molecule has 6 heteroatoms. The number of carbonyl (C=O) groups excluding carboxylic acids is 2. The summed E-state index contributed by atoms with van der Waals surface area (Å²) in [6.07, 6.45) is 3.59. The minimum absolute atomic E-state index is 0.351. The number of anilines is 1. The molecule has 0 heterocycles. The van der Waals surface area contributed by atoms with Crippen molar-refractivity contribution in [1.82, 2.24) is 5.43 Å². The topological polar surface area (TPSA) is 70.6 Å². The molecule has 0 spiro atoms. The molecule has 2 aromatic rings. The molecule has 0 aliphatic carbocycles. The molecule has 0 aliphatic rings. The van der Waals surface area contributed by atoms with Gasteiger partial charge in [-0.05, 0) is 30.7 Å². The highest BCUT2D eigenvalue weighted by molar-refractivity contribution is 6.41. The van der Waals surface area contributed by atoms with Crippen molar-refractivity contribution in [2.75, 3.05) is 5.32 Å². The quantitative estimate of drug-likeness (QED) is 0.507. The Labute approximate surface area is 145 Å². The molecule has 0 atom stereocenters. The number of amides is 2. The molecule has 0 unspecified atom stereocenters. The Morgan fingerprint density at radius 2 is 1.67 bits per heavy atom. The first-order valence-electron chi connectivity index (χ1n) is 7.19. The van der Waals surface area contributed by atoms with Crippen LogP contribution in [0.5, 0.6) is 0 Å². The molecule has 2 rings (SSSR count). The lowest BCUT2D eigenvalue weighted by atomic mass is 10.2. The Hall–Kier alpha value is -2.92. The summed E-state index contributed by atoms with van der Waals surface area (Å²) in [4.78, 5) is 23.5. The lowest BCUT2D eigenvalue weighted by Gasteiger charge is -2.05. The van der Waals surface area contributed by atoms with Crippen molar-refractivity contribution in [2.45, 2.75) is 6.92 Å². The third kappa shape index (κ3) is 5.37. The van der Waals surface area contributed by atoms with Gasteiger partial charge in [-0.3, -0.25) is 9.59 Å². The Morgan fingerprint density at radius 1 is 1.00 bits per heavy atom. The molecule has 122 valence electrons. The minimum Gasteiger partial charge on any atom is -0.316 e. The van der Waals surface area contributed by atoms with E-state index in [1.165, 1.54) is 0 Å². The molecule has 2 aromatic carbocycles. The molecule has 0 saturated carbocycles. The van der Waals surface area contributed by atoms with E-state index >= 15 is 0 Å². The van der Waals surface area contributed by atoms with E-state index in [4.69, 9.17) is 11.6 Å². The number of nitrogens with one attached hydrogen (secondary N) is 2. The van der Waals surface area contributed by atoms with Crippen LogP contribution in [0.25, 0.3) is 6.08 Å². The SMILES string of the molecule is CC(/C=C/c1ccccc1)=N/NC(=O)C(=O)Nc1ccccc1Cl. The Balaban J connectivity index is 1.90. The van der Waals surface area contributed by atoms with Crippen LogP contribution in [0.3, 0.4) is 0 Å². The van der Waals surface area contributed by atoms with Gasteiger partial charge in [-0.25, -0.2) is 5.43 Å². The first-order valence-corrected chi connectivity index (χ1v) is 7.57. The van der Waals surface area contributed by atoms with E-state index in [2.05, 4.69) is 15.8 Å². The largest absolute Gasteiger partial charge is 0.329 e. The molecule has 2 N–H and O–H groups in total. The summed E-state index contributed by atoms with van der Waals surface area (Å²) < 4.78 is 0. The zero-order valence-electron chi connectivity index (χ0n) is 13.0. The number of hydrogen-bond donors (Lipinski definition) is 2. The first kappa shape index (κ1) is 17.4. The summed E-state index contributed by atoms with van der Waals surface area (Å²) >= 11 is 5.92. The van der Waals surface area contributed by atoms with Crippen LogP contribution in [0.4, 0.5) is 5.69 Å². The number of carbonyl (C=O) groups is 2. The van der Waals surface area contributed by atoms with Crippen LogP contribution in [-0.2, 0) is 9.59 Å². The zero-order chi connectivity index (χ0) is 17.4. The van der Waals surface area contributed by atoms with Crippen molar-refractivity contribution in [3.8, 4) is 0 Å². The fraction of sp³-hybridized carbons (Fsp3) is 0.0556. The van der Waals surface area contributed by atoms with E-state index in [0.29, 0.717) is 16.4 Å². The van der Waals surface area contributed by atoms with E-state index in [9.17, 15) is 9.59 Å². The van der Waals surface area contributed by atoms with E-state index < -0.39 is 11.8 Å². The Morgan fingerprint density at radius 3 is 2.38 bits per heavy atom. The van der Waals surface area contributed by atoms with Gasteiger partial charge in [-0.15, -0.1) is 0 Å². The third-order valence-electron chi connectivity index (χ3n) is 2.98. The van der Waals surface area contributed by atoms with E-state index in [1.54, 1.807) is 37.3 Å². The van der Waals surface area contributed by atoms with Gasteiger partial charge in [0.05, 0.1) is 16.4 Å². The predicted octanol–water partition coefficient (Wildman–Crippen LogP) is 3.48. The van der Waals surface area contributed by atoms with Crippen molar-refractivity contribution in [2.24, 2.45) is 5.10 Å². The van der Waals surface area contributed by atoms with Gasteiger partial charge in [0, 0.05) is 0 Å². The monoisotopic (exact) mass is 341 g/mol. The van der Waals surface area contributed by atoms with Gasteiger partial charge in [-0.1, -0.05) is 60.1 Å². The maximum absolute atomic E-state index is 11.8. The van der Waals surface area contributed by atoms with E-state index in [-0.39, 0.29) is 0 Å². The summed E-state index contributed by atoms with van der Waals surface area (Å²) in [5, 5.41) is 6.63. The molecule has 0 saturated heterocycles. The second-order valence-electron chi connectivity index (χ2n) is 4.87. The van der Waals surface area contributed by atoms with Crippen LogP contribution in [0.1, 0.15) is 12.5 Å². The van der Waals surface area contributed by atoms with Crippen molar-refractivity contribution in [3.63, 3.8) is 0 Å². The average molecular weight is 342 g/mol. The van der Waals surface area contributed by atoms with Crippen LogP contribution in [0.2, 0.25) is 5.02 Å². The van der Waals surface area contributed by atoms with Crippen LogP contribution in [0.15, 0.2) is 65.8 Å². The van der Waals surface area contributed by atoms with E-state index in [0.717, 1.165) is 5.56 Å². The number of para-hydroxylation sites is 1. The first-order chi connectivity index (χ1) is 11.6. The molecular formula is C18H16ClN3O2. The number of halogens is 1. The number of rotatable bonds is 4. The predicted molar refractivity (Wildman–Crippen MR) is 96.8 cm³/mol. The molecule has 0 aromatic heterocycles.